The molecule has 2 N–H and O–H groups in total. The number of benzene rings is 1. The first-order chi connectivity index (χ1) is 12.1. The molecule has 1 heterocycles. The molecule has 1 unspecified atom stereocenters. The van der Waals surface area contributed by atoms with Gasteiger partial charge in [0.2, 0.25) is 0 Å². The Labute approximate surface area is 152 Å². The molecule has 1 aliphatic heterocycles. The lowest BCUT2D eigenvalue weighted by Gasteiger charge is -2.31. The van der Waals surface area contributed by atoms with Gasteiger partial charge in [0.25, 0.3) is 0 Å². The molecule has 1 aliphatic rings. The molecule has 1 atom stereocenters. The van der Waals surface area contributed by atoms with Gasteiger partial charge in [0.1, 0.15) is 5.75 Å². The number of amides is 2. The zero-order chi connectivity index (χ0) is 18.1. The number of likely N-dealkylation sites (tertiary alicyclic amines) is 1. The van der Waals surface area contributed by atoms with Gasteiger partial charge in [-0.15, -0.1) is 0 Å². The molecule has 0 bridgehead atoms. The van der Waals surface area contributed by atoms with E-state index in [2.05, 4.69) is 29.4 Å². The van der Waals surface area contributed by atoms with Crippen LogP contribution >= 0.6 is 0 Å². The summed E-state index contributed by atoms with van der Waals surface area (Å²) >= 11 is 0. The third-order valence-corrected chi connectivity index (χ3v) is 4.80. The third-order valence-electron chi connectivity index (χ3n) is 4.80. The highest BCUT2D eigenvalue weighted by Gasteiger charge is 2.19. The van der Waals surface area contributed by atoms with Crippen molar-refractivity contribution in [3.05, 3.63) is 24.3 Å². The molecule has 1 aromatic rings. The van der Waals surface area contributed by atoms with E-state index >= 15 is 0 Å². The molecule has 0 radical (unpaired) electrons. The van der Waals surface area contributed by atoms with Crippen molar-refractivity contribution in [2.45, 2.75) is 52.6 Å². The van der Waals surface area contributed by atoms with Crippen LogP contribution in [0, 0.1) is 5.92 Å². The number of urea groups is 1. The van der Waals surface area contributed by atoms with Crippen LogP contribution in [0.2, 0.25) is 0 Å². The molecule has 0 spiro atoms. The van der Waals surface area contributed by atoms with Gasteiger partial charge in [-0.3, -0.25) is 0 Å². The van der Waals surface area contributed by atoms with E-state index in [1.54, 1.807) is 0 Å². The Morgan fingerprint density at radius 2 is 2.08 bits per heavy atom. The first-order valence-electron chi connectivity index (χ1n) is 9.64. The third kappa shape index (κ3) is 6.94. The molecule has 1 saturated heterocycles. The second-order valence-corrected chi connectivity index (χ2v) is 6.98. The normalized spacial score (nSPS) is 17.1. The molecule has 0 saturated carbocycles. The molecule has 0 aliphatic carbocycles. The molecular weight excluding hydrogens is 314 g/mol. The zero-order valence-electron chi connectivity index (χ0n) is 15.9. The Morgan fingerprint density at radius 3 is 2.76 bits per heavy atom. The van der Waals surface area contributed by atoms with Crippen molar-refractivity contribution in [2.24, 2.45) is 5.92 Å². The predicted octanol–water partition coefficient (Wildman–Crippen LogP) is 4.11. The van der Waals surface area contributed by atoms with E-state index in [1.807, 2.05) is 31.2 Å². The molecule has 2 amide bonds. The molecule has 1 fully saturated rings. The van der Waals surface area contributed by atoms with Crippen molar-refractivity contribution >= 4 is 11.7 Å². The van der Waals surface area contributed by atoms with Crippen molar-refractivity contribution in [1.29, 1.82) is 0 Å². The minimum atomic E-state index is -0.142. The monoisotopic (exact) mass is 347 g/mol. The second-order valence-electron chi connectivity index (χ2n) is 6.98. The van der Waals surface area contributed by atoms with E-state index in [-0.39, 0.29) is 12.1 Å². The summed E-state index contributed by atoms with van der Waals surface area (Å²) in [6.45, 7) is 10.6. The zero-order valence-corrected chi connectivity index (χ0v) is 15.9. The lowest BCUT2D eigenvalue weighted by molar-refractivity contribution is 0.182. The Hall–Kier alpha value is -1.75. The average molecular weight is 348 g/mol. The van der Waals surface area contributed by atoms with Gasteiger partial charge in [0, 0.05) is 18.3 Å². The van der Waals surface area contributed by atoms with Gasteiger partial charge in [0.15, 0.2) is 0 Å². The van der Waals surface area contributed by atoms with Crippen LogP contribution in [0.15, 0.2) is 24.3 Å². The molecule has 5 heteroatoms. The summed E-state index contributed by atoms with van der Waals surface area (Å²) in [5.74, 6) is 1.37. The maximum Gasteiger partial charge on any atom is 0.319 e. The van der Waals surface area contributed by atoms with E-state index in [0.717, 1.165) is 37.5 Å². The van der Waals surface area contributed by atoms with Crippen LogP contribution in [0.1, 0.15) is 46.5 Å². The van der Waals surface area contributed by atoms with Gasteiger partial charge in [-0.05, 0) is 70.3 Å². The Morgan fingerprint density at radius 1 is 1.32 bits per heavy atom. The summed E-state index contributed by atoms with van der Waals surface area (Å²) in [5.41, 5.74) is 0.760. The van der Waals surface area contributed by atoms with Gasteiger partial charge >= 0.3 is 6.03 Å². The van der Waals surface area contributed by atoms with Gasteiger partial charge in [-0.1, -0.05) is 19.9 Å². The Balaban J connectivity index is 1.72. The topological polar surface area (TPSA) is 53.6 Å². The Kier molecular flexibility index (Phi) is 8.06. The van der Waals surface area contributed by atoms with Crippen LogP contribution in [0.4, 0.5) is 10.5 Å². The van der Waals surface area contributed by atoms with Crippen LogP contribution < -0.4 is 15.4 Å². The minimum absolute atomic E-state index is 0.142. The number of piperidine rings is 1. The largest absolute Gasteiger partial charge is 0.491 e. The standard InChI is InChI=1S/C20H33N3O2/c1-4-11-23-12-9-17(10-13-23)15-21-20(24)22-18-7-6-8-19(14-18)25-16(3)5-2/h6-8,14,16-17H,4-5,9-13,15H2,1-3H3,(H2,21,22,24). The van der Waals surface area contributed by atoms with Crippen molar-refractivity contribution < 1.29 is 9.53 Å². The van der Waals surface area contributed by atoms with Gasteiger partial charge in [0.05, 0.1) is 6.10 Å². The fourth-order valence-electron chi connectivity index (χ4n) is 3.11. The molecule has 25 heavy (non-hydrogen) atoms. The maximum atomic E-state index is 12.1. The highest BCUT2D eigenvalue weighted by atomic mass is 16.5. The molecule has 5 nitrogen and oxygen atoms in total. The molecule has 2 rings (SSSR count). The predicted molar refractivity (Wildman–Crippen MR) is 103 cm³/mol. The lowest BCUT2D eigenvalue weighted by Crippen LogP contribution is -2.40. The molecule has 140 valence electrons. The average Bonchev–Trinajstić information content (AvgIpc) is 2.61. The van der Waals surface area contributed by atoms with Crippen LogP contribution in [0.25, 0.3) is 0 Å². The first kappa shape index (κ1) is 19.6. The van der Waals surface area contributed by atoms with Gasteiger partial charge < -0.3 is 20.3 Å². The smallest absolute Gasteiger partial charge is 0.319 e. The highest BCUT2D eigenvalue weighted by Crippen LogP contribution is 2.19. The maximum absolute atomic E-state index is 12.1. The van der Waals surface area contributed by atoms with Crippen molar-refractivity contribution in [3.63, 3.8) is 0 Å². The number of carbonyl (C=O) groups excluding carboxylic acids is 1. The lowest BCUT2D eigenvalue weighted by atomic mass is 9.97. The van der Waals surface area contributed by atoms with Crippen LogP contribution in [-0.2, 0) is 0 Å². The summed E-state index contributed by atoms with van der Waals surface area (Å²) in [6, 6.07) is 7.42. The van der Waals surface area contributed by atoms with Crippen molar-refractivity contribution in [1.82, 2.24) is 10.2 Å². The quantitative estimate of drug-likeness (QED) is 0.744. The van der Waals surface area contributed by atoms with Crippen molar-refractivity contribution in [3.8, 4) is 5.75 Å². The van der Waals surface area contributed by atoms with Crippen molar-refractivity contribution in [2.75, 3.05) is 31.5 Å². The number of anilines is 1. The van der Waals surface area contributed by atoms with Crippen LogP contribution in [0.3, 0.4) is 0 Å². The SMILES string of the molecule is CCCN1CCC(CNC(=O)Nc2cccc(OC(C)CC)c2)CC1. The van der Waals surface area contributed by atoms with Crippen LogP contribution in [0.5, 0.6) is 5.75 Å². The molecular formula is C20H33N3O2. The highest BCUT2D eigenvalue weighted by molar-refractivity contribution is 5.89. The molecule has 0 aromatic heterocycles. The summed E-state index contributed by atoms with van der Waals surface area (Å²) in [5, 5.41) is 5.91. The summed E-state index contributed by atoms with van der Waals surface area (Å²) < 4.78 is 5.79. The van der Waals surface area contributed by atoms with E-state index in [9.17, 15) is 4.79 Å². The van der Waals surface area contributed by atoms with E-state index in [1.165, 1.54) is 25.8 Å². The van der Waals surface area contributed by atoms with E-state index in [0.29, 0.717) is 5.92 Å². The minimum Gasteiger partial charge on any atom is -0.491 e. The van der Waals surface area contributed by atoms with Gasteiger partial charge in [-0.25, -0.2) is 4.79 Å². The number of nitrogens with one attached hydrogen (secondary N) is 2. The summed E-state index contributed by atoms with van der Waals surface area (Å²) in [7, 11) is 0. The van der Waals surface area contributed by atoms with Crippen LogP contribution in [-0.4, -0.2) is 43.2 Å². The number of carbonyl (C=O) groups is 1. The fourth-order valence-corrected chi connectivity index (χ4v) is 3.11. The van der Waals surface area contributed by atoms with E-state index in [4.69, 9.17) is 4.74 Å². The second kappa shape index (κ2) is 10.3. The number of hydrogen-bond acceptors (Lipinski definition) is 3. The summed E-state index contributed by atoms with van der Waals surface area (Å²) in [6.07, 6.45) is 4.67. The summed E-state index contributed by atoms with van der Waals surface area (Å²) in [4.78, 5) is 14.7. The number of ether oxygens (including phenoxy) is 1. The van der Waals surface area contributed by atoms with E-state index < -0.39 is 0 Å². The first-order valence-corrected chi connectivity index (χ1v) is 9.64. The fraction of sp³-hybridized carbons (Fsp3) is 0.650. The van der Waals surface area contributed by atoms with Gasteiger partial charge in [-0.2, -0.15) is 0 Å². The molecule has 1 aromatic carbocycles. The number of hydrogen-bond donors (Lipinski definition) is 2. The number of nitrogens with zero attached hydrogens (tertiary/aromatic N) is 1. The number of rotatable bonds is 8. The Bertz CT molecular complexity index is 527.